The summed E-state index contributed by atoms with van der Waals surface area (Å²) in [6.07, 6.45) is -0.257. The summed E-state index contributed by atoms with van der Waals surface area (Å²) in [7, 11) is 2.79. The second-order valence-electron chi connectivity index (χ2n) is 10.4. The lowest BCUT2D eigenvalue weighted by Crippen LogP contribution is -2.65. The topological polar surface area (TPSA) is 115 Å². The van der Waals surface area contributed by atoms with E-state index < -0.39 is 40.7 Å². The molecule has 10 atom stereocenters. The Bertz CT molecular complexity index is 697. The number of hydrogen-bond acceptors (Lipinski definition) is 8. The van der Waals surface area contributed by atoms with Crippen LogP contribution in [-0.4, -0.2) is 71.5 Å². The minimum Gasteiger partial charge on any atom is -0.462 e. The van der Waals surface area contributed by atoms with E-state index in [1.165, 1.54) is 14.2 Å². The molecule has 8 heteroatoms. The van der Waals surface area contributed by atoms with Crippen molar-refractivity contribution < 1.29 is 39.1 Å². The molecule has 0 spiro atoms. The molecule has 0 aromatic rings. The molecule has 0 aromatic carbocycles. The van der Waals surface area contributed by atoms with Crippen molar-refractivity contribution in [1.29, 1.82) is 0 Å². The third-order valence-corrected chi connectivity index (χ3v) is 9.04. The highest BCUT2D eigenvalue weighted by Gasteiger charge is 2.71. The summed E-state index contributed by atoms with van der Waals surface area (Å²) in [6, 6.07) is 0. The van der Waals surface area contributed by atoms with Gasteiger partial charge < -0.3 is 34.3 Å². The van der Waals surface area contributed by atoms with Gasteiger partial charge in [-0.15, -0.1) is 0 Å². The number of methoxy groups -OCH3 is 2. The van der Waals surface area contributed by atoms with Crippen molar-refractivity contribution in [2.75, 3.05) is 14.2 Å². The van der Waals surface area contributed by atoms with Gasteiger partial charge in [-0.05, 0) is 44.9 Å². The van der Waals surface area contributed by atoms with Crippen molar-refractivity contribution in [3.8, 4) is 0 Å². The van der Waals surface area contributed by atoms with Gasteiger partial charge in [0.1, 0.15) is 17.8 Å². The van der Waals surface area contributed by atoms with Gasteiger partial charge in [0.25, 0.3) is 0 Å². The smallest absolute Gasteiger partial charge is 0.312 e. The van der Waals surface area contributed by atoms with Crippen LogP contribution in [0, 0.1) is 22.7 Å². The number of aliphatic hydroxyl groups excluding tert-OH is 1. The van der Waals surface area contributed by atoms with Crippen LogP contribution in [0.4, 0.5) is 0 Å². The maximum absolute atomic E-state index is 12.7. The molecule has 4 aliphatic rings. The van der Waals surface area contributed by atoms with Crippen LogP contribution in [-0.2, 0) is 23.7 Å². The zero-order valence-electron chi connectivity index (χ0n) is 18.6. The third-order valence-electron chi connectivity index (χ3n) is 9.04. The van der Waals surface area contributed by atoms with Crippen LogP contribution in [0.25, 0.3) is 0 Å². The van der Waals surface area contributed by atoms with Crippen molar-refractivity contribution >= 4 is 5.97 Å². The van der Waals surface area contributed by atoms with Crippen LogP contribution in [0.5, 0.6) is 0 Å². The number of hydrogen-bond donors (Lipinski definition) is 3. The summed E-state index contributed by atoms with van der Waals surface area (Å²) in [4.78, 5) is 12.7. The highest BCUT2D eigenvalue weighted by atomic mass is 16.8. The first-order chi connectivity index (χ1) is 14.0. The summed E-state index contributed by atoms with van der Waals surface area (Å²) in [5.74, 6) is -0.364. The Morgan fingerprint density at radius 2 is 1.83 bits per heavy atom. The number of aliphatic hydroxyl groups is 3. The molecule has 8 nitrogen and oxygen atoms in total. The van der Waals surface area contributed by atoms with Gasteiger partial charge in [0.05, 0.1) is 11.0 Å². The molecule has 2 aliphatic heterocycles. The Kier molecular flexibility index (Phi) is 5.32. The SMILES string of the molecule is CO[C@@H]1O[C@H](OC)[C@](O)(CC[C@]2(O)[C@H](C)C[C@@H]3OC(=O)[C@]4(C)CCC[C@@]2(C)[C@H]34)[C@@H]1O. The average Bonchev–Trinajstić information content (AvgIpc) is 3.10. The minimum atomic E-state index is -1.71. The molecule has 0 radical (unpaired) electrons. The lowest BCUT2D eigenvalue weighted by atomic mass is 9.44. The Labute approximate surface area is 177 Å². The molecule has 4 fully saturated rings. The number of rotatable bonds is 5. The zero-order chi connectivity index (χ0) is 22.1. The molecule has 30 heavy (non-hydrogen) atoms. The van der Waals surface area contributed by atoms with E-state index in [0.717, 1.165) is 19.3 Å². The predicted octanol–water partition coefficient (Wildman–Crippen LogP) is 1.34. The van der Waals surface area contributed by atoms with Gasteiger partial charge >= 0.3 is 5.97 Å². The van der Waals surface area contributed by atoms with Gasteiger partial charge in [-0.3, -0.25) is 4.79 Å². The second kappa shape index (κ2) is 7.12. The Morgan fingerprint density at radius 1 is 1.13 bits per heavy atom. The van der Waals surface area contributed by atoms with Crippen molar-refractivity contribution in [1.82, 2.24) is 0 Å². The van der Waals surface area contributed by atoms with E-state index in [2.05, 4.69) is 6.92 Å². The summed E-state index contributed by atoms with van der Waals surface area (Å²) < 4.78 is 21.7. The number of esters is 1. The quantitative estimate of drug-likeness (QED) is 0.562. The van der Waals surface area contributed by atoms with Crippen LogP contribution in [0.1, 0.15) is 59.3 Å². The van der Waals surface area contributed by atoms with Gasteiger partial charge in [0.15, 0.2) is 12.6 Å². The summed E-state index contributed by atoms with van der Waals surface area (Å²) in [5, 5.41) is 34.0. The Balaban J connectivity index is 1.64. The van der Waals surface area contributed by atoms with Crippen molar-refractivity contribution in [2.45, 2.75) is 95.3 Å². The highest BCUT2D eigenvalue weighted by molar-refractivity contribution is 5.80. The largest absolute Gasteiger partial charge is 0.462 e. The molecule has 2 saturated heterocycles. The Hall–Kier alpha value is -0.770. The molecule has 0 bridgehead atoms. The fourth-order valence-electron chi connectivity index (χ4n) is 7.32. The lowest BCUT2D eigenvalue weighted by Gasteiger charge is -2.61. The standard InChI is InChI=1S/C22H36O8/c1-12-11-13-14-19(2,17(24)29-13)7-6-8-20(14,3)22(12,26)10-9-21(25)15(23)16(27-4)30-18(21)28-5/h12-16,18,23,25-26H,6-11H2,1-5H3/t12-,13+,14-,15-,16-,18+,19-,20+,21+,22+/m1/s1. The fourth-order valence-corrected chi connectivity index (χ4v) is 7.32. The summed E-state index contributed by atoms with van der Waals surface area (Å²) in [6.45, 7) is 6.02. The van der Waals surface area contributed by atoms with Crippen LogP contribution >= 0.6 is 0 Å². The molecule has 0 unspecified atom stereocenters. The van der Waals surface area contributed by atoms with E-state index in [9.17, 15) is 20.1 Å². The monoisotopic (exact) mass is 428 g/mol. The zero-order valence-corrected chi connectivity index (χ0v) is 18.6. The molecule has 2 heterocycles. The van der Waals surface area contributed by atoms with E-state index in [1.807, 2.05) is 13.8 Å². The van der Waals surface area contributed by atoms with Gasteiger partial charge in [0.2, 0.25) is 0 Å². The van der Waals surface area contributed by atoms with Gasteiger partial charge in [0, 0.05) is 25.6 Å². The van der Waals surface area contributed by atoms with Crippen molar-refractivity contribution in [3.05, 3.63) is 0 Å². The molecule has 2 aliphatic carbocycles. The maximum Gasteiger partial charge on any atom is 0.312 e. The van der Waals surface area contributed by atoms with Crippen LogP contribution in [0.15, 0.2) is 0 Å². The fraction of sp³-hybridized carbons (Fsp3) is 0.955. The van der Waals surface area contributed by atoms with Crippen molar-refractivity contribution in [3.63, 3.8) is 0 Å². The molecule has 3 N–H and O–H groups in total. The number of carbonyl (C=O) groups excluding carboxylic acids is 1. The van der Waals surface area contributed by atoms with E-state index in [-0.39, 0.29) is 36.8 Å². The molecule has 4 rings (SSSR count). The molecular formula is C22H36O8. The van der Waals surface area contributed by atoms with E-state index >= 15 is 0 Å². The molecule has 0 aromatic heterocycles. The van der Waals surface area contributed by atoms with E-state index in [0.29, 0.717) is 6.42 Å². The third kappa shape index (κ3) is 2.70. The van der Waals surface area contributed by atoms with Gasteiger partial charge in [-0.25, -0.2) is 0 Å². The second-order valence-corrected chi connectivity index (χ2v) is 10.4. The summed E-state index contributed by atoms with van der Waals surface area (Å²) in [5.41, 5.74) is -3.98. The number of ether oxygens (including phenoxy) is 4. The molecule has 0 amide bonds. The lowest BCUT2D eigenvalue weighted by molar-refractivity contribution is -0.238. The molecular weight excluding hydrogens is 392 g/mol. The van der Waals surface area contributed by atoms with Gasteiger partial charge in [-0.1, -0.05) is 20.3 Å². The molecule has 2 saturated carbocycles. The van der Waals surface area contributed by atoms with Gasteiger partial charge in [-0.2, -0.15) is 0 Å². The van der Waals surface area contributed by atoms with Crippen LogP contribution < -0.4 is 0 Å². The van der Waals surface area contributed by atoms with E-state index in [1.54, 1.807) is 0 Å². The first kappa shape index (κ1) is 22.4. The normalized spacial score (nSPS) is 55.4. The van der Waals surface area contributed by atoms with Crippen LogP contribution in [0.3, 0.4) is 0 Å². The first-order valence-corrected chi connectivity index (χ1v) is 11.0. The Morgan fingerprint density at radius 3 is 2.47 bits per heavy atom. The minimum absolute atomic E-state index is 0.0724. The maximum atomic E-state index is 12.7. The average molecular weight is 429 g/mol. The summed E-state index contributed by atoms with van der Waals surface area (Å²) >= 11 is 0. The van der Waals surface area contributed by atoms with Crippen molar-refractivity contribution in [2.24, 2.45) is 22.7 Å². The highest BCUT2D eigenvalue weighted by Crippen LogP contribution is 2.67. The first-order valence-electron chi connectivity index (χ1n) is 11.0. The van der Waals surface area contributed by atoms with Crippen LogP contribution in [0.2, 0.25) is 0 Å². The molecule has 172 valence electrons. The number of carbonyl (C=O) groups is 1. The predicted molar refractivity (Wildman–Crippen MR) is 105 cm³/mol. The van der Waals surface area contributed by atoms with E-state index in [4.69, 9.17) is 18.9 Å².